The quantitative estimate of drug-likeness (QED) is 0.660. The first-order chi connectivity index (χ1) is 7.50. The minimum Gasteiger partial charge on any atom is -0.369 e. The van der Waals surface area contributed by atoms with Crippen molar-refractivity contribution in [3.05, 3.63) is 0 Å². The Bertz CT molecular complexity index is 318. The zero-order valence-corrected chi connectivity index (χ0v) is 9.56. The molecule has 4 N–H and O–H groups in total. The van der Waals surface area contributed by atoms with Crippen LogP contribution in [0.5, 0.6) is 0 Å². The molecular formula is C11H19N3O2. The van der Waals surface area contributed by atoms with Crippen molar-refractivity contribution in [2.24, 2.45) is 23.3 Å². The lowest BCUT2D eigenvalue weighted by atomic mass is 9.92. The Morgan fingerprint density at radius 2 is 1.94 bits per heavy atom. The maximum atomic E-state index is 12.0. The van der Waals surface area contributed by atoms with E-state index in [1.807, 2.05) is 6.92 Å². The Morgan fingerprint density at radius 3 is 2.44 bits per heavy atom. The van der Waals surface area contributed by atoms with Crippen LogP contribution in [0.25, 0.3) is 0 Å². The van der Waals surface area contributed by atoms with Crippen LogP contribution in [-0.4, -0.2) is 35.3 Å². The minimum absolute atomic E-state index is 0.0194. The predicted octanol–water partition coefficient (Wildman–Crippen LogP) is -0.554. The standard InChI is InChI=1S/C11H19N3O2/c1-6-2-3-7(10(13)15)5-14(6)11(16)8-4-9(8)12/h6-9H,2-5,12H2,1H3,(H2,13,15). The van der Waals surface area contributed by atoms with Crippen LogP contribution in [0.3, 0.4) is 0 Å². The lowest BCUT2D eigenvalue weighted by molar-refractivity contribution is -0.138. The first-order valence-corrected chi connectivity index (χ1v) is 5.86. The van der Waals surface area contributed by atoms with Crippen molar-refractivity contribution >= 4 is 11.8 Å². The van der Waals surface area contributed by atoms with Crippen LogP contribution >= 0.6 is 0 Å². The molecule has 16 heavy (non-hydrogen) atoms. The zero-order valence-electron chi connectivity index (χ0n) is 9.56. The first kappa shape index (κ1) is 11.4. The molecule has 1 saturated carbocycles. The summed E-state index contributed by atoms with van der Waals surface area (Å²) in [4.78, 5) is 25.0. The molecule has 1 aliphatic heterocycles. The lowest BCUT2D eigenvalue weighted by Crippen LogP contribution is -2.49. The summed E-state index contributed by atoms with van der Waals surface area (Å²) >= 11 is 0. The van der Waals surface area contributed by atoms with Crippen molar-refractivity contribution in [2.45, 2.75) is 38.3 Å². The molecule has 4 unspecified atom stereocenters. The highest BCUT2D eigenvalue weighted by Crippen LogP contribution is 2.33. The van der Waals surface area contributed by atoms with Gasteiger partial charge in [0.1, 0.15) is 0 Å². The van der Waals surface area contributed by atoms with E-state index in [0.29, 0.717) is 6.54 Å². The van der Waals surface area contributed by atoms with Gasteiger partial charge in [0.15, 0.2) is 0 Å². The number of hydrogen-bond acceptors (Lipinski definition) is 3. The molecular weight excluding hydrogens is 206 g/mol. The Labute approximate surface area is 95.1 Å². The Morgan fingerprint density at radius 1 is 1.31 bits per heavy atom. The van der Waals surface area contributed by atoms with Crippen LogP contribution in [0.15, 0.2) is 0 Å². The van der Waals surface area contributed by atoms with E-state index in [0.717, 1.165) is 19.3 Å². The second-order valence-electron chi connectivity index (χ2n) is 5.02. The molecule has 1 aliphatic carbocycles. The number of piperidine rings is 1. The Hall–Kier alpha value is -1.10. The molecule has 5 heteroatoms. The minimum atomic E-state index is -0.301. The highest BCUT2D eigenvalue weighted by Gasteiger charge is 2.44. The van der Waals surface area contributed by atoms with Gasteiger partial charge in [0.05, 0.1) is 11.8 Å². The van der Waals surface area contributed by atoms with Gasteiger partial charge >= 0.3 is 0 Å². The number of carbonyl (C=O) groups is 2. The Kier molecular flexibility index (Phi) is 2.88. The molecule has 0 bridgehead atoms. The number of carbonyl (C=O) groups excluding carboxylic acids is 2. The second kappa shape index (κ2) is 4.05. The molecule has 90 valence electrons. The summed E-state index contributed by atoms with van der Waals surface area (Å²) in [5.41, 5.74) is 11.0. The van der Waals surface area contributed by atoms with Gasteiger partial charge in [-0.1, -0.05) is 0 Å². The molecule has 2 fully saturated rings. The Balaban J connectivity index is 2.01. The van der Waals surface area contributed by atoms with Crippen LogP contribution in [-0.2, 0) is 9.59 Å². The van der Waals surface area contributed by atoms with Crippen molar-refractivity contribution in [1.29, 1.82) is 0 Å². The zero-order chi connectivity index (χ0) is 11.9. The number of hydrogen-bond donors (Lipinski definition) is 2. The van der Waals surface area contributed by atoms with Gasteiger partial charge in [0.25, 0.3) is 0 Å². The summed E-state index contributed by atoms with van der Waals surface area (Å²) in [6.07, 6.45) is 2.42. The highest BCUT2D eigenvalue weighted by atomic mass is 16.2. The molecule has 0 aromatic heterocycles. The number of rotatable bonds is 2. The monoisotopic (exact) mass is 225 g/mol. The SMILES string of the molecule is CC1CCC(C(N)=O)CN1C(=O)C1CC1N. The van der Waals surface area contributed by atoms with Gasteiger partial charge in [0.2, 0.25) is 11.8 Å². The molecule has 1 heterocycles. The van der Waals surface area contributed by atoms with Crippen molar-refractivity contribution in [3.63, 3.8) is 0 Å². The third-order valence-electron chi connectivity index (χ3n) is 3.72. The summed E-state index contributed by atoms with van der Waals surface area (Å²) in [7, 11) is 0. The van der Waals surface area contributed by atoms with Crippen LogP contribution in [0.4, 0.5) is 0 Å². The molecule has 4 atom stereocenters. The van der Waals surface area contributed by atoms with Gasteiger partial charge in [-0.25, -0.2) is 0 Å². The number of nitrogens with zero attached hydrogens (tertiary/aromatic N) is 1. The van der Waals surface area contributed by atoms with E-state index in [-0.39, 0.29) is 35.7 Å². The van der Waals surface area contributed by atoms with Gasteiger partial charge < -0.3 is 16.4 Å². The van der Waals surface area contributed by atoms with Crippen molar-refractivity contribution in [2.75, 3.05) is 6.54 Å². The number of primary amides is 1. The average Bonchev–Trinajstić information content (AvgIpc) is 2.95. The number of amides is 2. The summed E-state index contributed by atoms with van der Waals surface area (Å²) in [5.74, 6) is -0.403. The predicted molar refractivity (Wildman–Crippen MR) is 59.2 cm³/mol. The lowest BCUT2D eigenvalue weighted by Gasteiger charge is -2.37. The van der Waals surface area contributed by atoms with Crippen LogP contribution in [0.2, 0.25) is 0 Å². The van der Waals surface area contributed by atoms with Gasteiger partial charge in [-0.3, -0.25) is 9.59 Å². The van der Waals surface area contributed by atoms with E-state index < -0.39 is 0 Å². The number of nitrogens with two attached hydrogens (primary N) is 2. The largest absolute Gasteiger partial charge is 0.369 e. The van der Waals surface area contributed by atoms with E-state index in [1.54, 1.807) is 4.90 Å². The normalized spacial score (nSPS) is 38.2. The highest BCUT2D eigenvalue weighted by molar-refractivity contribution is 5.84. The van der Waals surface area contributed by atoms with E-state index in [9.17, 15) is 9.59 Å². The van der Waals surface area contributed by atoms with E-state index in [1.165, 1.54) is 0 Å². The number of likely N-dealkylation sites (tertiary alicyclic amines) is 1. The van der Waals surface area contributed by atoms with Crippen LogP contribution < -0.4 is 11.5 Å². The summed E-state index contributed by atoms with van der Waals surface area (Å²) < 4.78 is 0. The van der Waals surface area contributed by atoms with Crippen LogP contribution in [0.1, 0.15) is 26.2 Å². The van der Waals surface area contributed by atoms with Gasteiger partial charge in [-0.05, 0) is 26.2 Å². The molecule has 1 saturated heterocycles. The second-order valence-corrected chi connectivity index (χ2v) is 5.02. The fraction of sp³-hybridized carbons (Fsp3) is 0.818. The molecule has 2 aliphatic rings. The molecule has 2 amide bonds. The first-order valence-electron chi connectivity index (χ1n) is 5.86. The summed E-state index contributed by atoms with van der Waals surface area (Å²) in [5, 5.41) is 0. The molecule has 0 aromatic carbocycles. The smallest absolute Gasteiger partial charge is 0.227 e. The average molecular weight is 225 g/mol. The van der Waals surface area contributed by atoms with E-state index >= 15 is 0 Å². The van der Waals surface area contributed by atoms with Crippen LogP contribution in [0, 0.1) is 11.8 Å². The maximum Gasteiger partial charge on any atom is 0.227 e. The third-order valence-corrected chi connectivity index (χ3v) is 3.72. The van der Waals surface area contributed by atoms with Crippen molar-refractivity contribution in [1.82, 2.24) is 4.90 Å². The summed E-state index contributed by atoms with van der Waals surface area (Å²) in [6, 6.07) is 0.226. The van der Waals surface area contributed by atoms with Gasteiger partial charge in [-0.2, -0.15) is 0 Å². The van der Waals surface area contributed by atoms with Crippen molar-refractivity contribution in [3.8, 4) is 0 Å². The van der Waals surface area contributed by atoms with E-state index in [4.69, 9.17) is 11.5 Å². The topological polar surface area (TPSA) is 89.4 Å². The fourth-order valence-corrected chi connectivity index (χ4v) is 2.36. The molecule has 5 nitrogen and oxygen atoms in total. The van der Waals surface area contributed by atoms with Gasteiger partial charge in [0, 0.05) is 18.6 Å². The van der Waals surface area contributed by atoms with E-state index in [2.05, 4.69) is 0 Å². The fourth-order valence-electron chi connectivity index (χ4n) is 2.36. The molecule has 2 rings (SSSR count). The summed E-state index contributed by atoms with van der Waals surface area (Å²) in [6.45, 7) is 2.49. The molecule has 0 aromatic rings. The maximum absolute atomic E-state index is 12.0. The molecule has 0 spiro atoms. The molecule has 0 radical (unpaired) electrons. The van der Waals surface area contributed by atoms with Crippen molar-refractivity contribution < 1.29 is 9.59 Å². The third kappa shape index (κ3) is 2.04. The van der Waals surface area contributed by atoms with Gasteiger partial charge in [-0.15, -0.1) is 0 Å².